The summed E-state index contributed by atoms with van der Waals surface area (Å²) in [6, 6.07) is 8.77. The lowest BCUT2D eigenvalue weighted by atomic mass is 10.1. The van der Waals surface area contributed by atoms with Crippen molar-refractivity contribution < 1.29 is 19.1 Å². The predicted molar refractivity (Wildman–Crippen MR) is 69.3 cm³/mol. The minimum Gasteiger partial charge on any atom is -0.464 e. The van der Waals surface area contributed by atoms with Crippen LogP contribution in [-0.4, -0.2) is 30.8 Å². The molecule has 2 unspecified atom stereocenters. The smallest absolute Gasteiger partial charge is 0.408 e. The second-order valence-corrected chi connectivity index (χ2v) is 4.01. The molecule has 5 heteroatoms. The fourth-order valence-electron chi connectivity index (χ4n) is 1.78. The number of cyclic esters (lactones) is 1. The van der Waals surface area contributed by atoms with Gasteiger partial charge >= 0.3 is 12.1 Å². The molecule has 1 aromatic carbocycles. The van der Waals surface area contributed by atoms with Gasteiger partial charge in [0.2, 0.25) is 0 Å². The Morgan fingerprint density at radius 2 is 2.16 bits per heavy atom. The van der Waals surface area contributed by atoms with Crippen molar-refractivity contribution in [3.8, 4) is 0 Å². The molecular formula is C14H15NO4. The zero-order chi connectivity index (χ0) is 13.7. The van der Waals surface area contributed by atoms with Crippen molar-refractivity contribution in [3.05, 3.63) is 42.0 Å². The molecule has 1 fully saturated rings. The average Bonchev–Trinajstić information content (AvgIpc) is 2.79. The third-order valence-electron chi connectivity index (χ3n) is 2.66. The second kappa shape index (κ2) is 6.04. The van der Waals surface area contributed by atoms with Crippen molar-refractivity contribution in [2.45, 2.75) is 19.1 Å². The maximum atomic E-state index is 11.7. The van der Waals surface area contributed by atoms with E-state index in [2.05, 4.69) is 5.32 Å². The summed E-state index contributed by atoms with van der Waals surface area (Å²) in [5.41, 5.74) is 0.966. The van der Waals surface area contributed by atoms with Gasteiger partial charge in [0, 0.05) is 0 Å². The summed E-state index contributed by atoms with van der Waals surface area (Å²) in [4.78, 5) is 22.9. The van der Waals surface area contributed by atoms with E-state index in [-0.39, 0.29) is 6.61 Å². The van der Waals surface area contributed by atoms with Crippen LogP contribution in [0.25, 0.3) is 6.08 Å². The van der Waals surface area contributed by atoms with E-state index < -0.39 is 24.2 Å². The highest BCUT2D eigenvalue weighted by Gasteiger charge is 2.38. The van der Waals surface area contributed by atoms with Crippen molar-refractivity contribution >= 4 is 18.1 Å². The van der Waals surface area contributed by atoms with Gasteiger partial charge in [-0.05, 0) is 18.6 Å². The van der Waals surface area contributed by atoms with E-state index in [1.54, 1.807) is 19.1 Å². The summed E-state index contributed by atoms with van der Waals surface area (Å²) in [5, 5.41) is 2.44. The van der Waals surface area contributed by atoms with Crippen molar-refractivity contribution in [2.75, 3.05) is 6.61 Å². The van der Waals surface area contributed by atoms with Crippen LogP contribution in [0.1, 0.15) is 12.5 Å². The van der Waals surface area contributed by atoms with Crippen LogP contribution in [-0.2, 0) is 14.3 Å². The average molecular weight is 261 g/mol. The predicted octanol–water partition coefficient (Wildman–Crippen LogP) is 1.74. The monoisotopic (exact) mass is 261 g/mol. The largest absolute Gasteiger partial charge is 0.464 e. The zero-order valence-corrected chi connectivity index (χ0v) is 10.5. The van der Waals surface area contributed by atoms with Crippen LogP contribution < -0.4 is 5.32 Å². The van der Waals surface area contributed by atoms with Gasteiger partial charge in [0.1, 0.15) is 0 Å². The highest BCUT2D eigenvalue weighted by Crippen LogP contribution is 2.14. The Kier molecular flexibility index (Phi) is 4.18. The number of hydrogen-bond donors (Lipinski definition) is 1. The van der Waals surface area contributed by atoms with Crippen molar-refractivity contribution in [2.24, 2.45) is 0 Å². The molecule has 1 saturated heterocycles. The van der Waals surface area contributed by atoms with E-state index in [4.69, 9.17) is 9.47 Å². The molecule has 0 radical (unpaired) electrons. The minimum atomic E-state index is -0.785. The van der Waals surface area contributed by atoms with E-state index in [1.165, 1.54) is 0 Å². The maximum Gasteiger partial charge on any atom is 0.408 e. The first-order chi connectivity index (χ1) is 9.20. The van der Waals surface area contributed by atoms with Gasteiger partial charge in [-0.15, -0.1) is 0 Å². The number of benzene rings is 1. The van der Waals surface area contributed by atoms with Crippen LogP contribution in [0, 0.1) is 0 Å². The first kappa shape index (κ1) is 13.1. The minimum absolute atomic E-state index is 0.264. The van der Waals surface area contributed by atoms with E-state index in [9.17, 15) is 9.59 Å². The molecule has 0 spiro atoms. The Bertz CT molecular complexity index is 483. The Morgan fingerprint density at radius 1 is 1.42 bits per heavy atom. The number of ether oxygens (including phenoxy) is 2. The third kappa shape index (κ3) is 3.34. The highest BCUT2D eigenvalue weighted by atomic mass is 16.6. The molecule has 2 rings (SSSR count). The molecule has 0 saturated carbocycles. The van der Waals surface area contributed by atoms with Crippen LogP contribution in [0.4, 0.5) is 4.79 Å². The van der Waals surface area contributed by atoms with Gasteiger partial charge in [0.05, 0.1) is 6.61 Å². The van der Waals surface area contributed by atoms with E-state index in [0.29, 0.717) is 0 Å². The van der Waals surface area contributed by atoms with Gasteiger partial charge in [-0.2, -0.15) is 0 Å². The lowest BCUT2D eigenvalue weighted by Gasteiger charge is -2.11. The number of alkyl carbamates (subject to hydrolysis) is 1. The standard InChI is InChI=1S/C14H15NO4/c1-2-18-13(16)12-11(19-14(17)15-12)9-8-10-6-4-3-5-7-10/h3-9,11-12H,2H2,1H3,(H,15,17)/b9-8+. The molecule has 1 aromatic rings. The summed E-state index contributed by atoms with van der Waals surface area (Å²) < 4.78 is 9.91. The lowest BCUT2D eigenvalue weighted by molar-refractivity contribution is -0.145. The molecule has 0 aliphatic carbocycles. The van der Waals surface area contributed by atoms with Gasteiger partial charge in [-0.25, -0.2) is 9.59 Å². The highest BCUT2D eigenvalue weighted by molar-refractivity contribution is 5.85. The van der Waals surface area contributed by atoms with E-state index >= 15 is 0 Å². The molecule has 1 N–H and O–H groups in total. The number of nitrogens with one attached hydrogen (secondary N) is 1. The summed E-state index contributed by atoms with van der Waals surface area (Å²) in [5.74, 6) is -0.490. The van der Waals surface area contributed by atoms with Crippen LogP contribution in [0.3, 0.4) is 0 Å². The summed E-state index contributed by atoms with van der Waals surface area (Å²) >= 11 is 0. The SMILES string of the molecule is CCOC(=O)C1NC(=O)OC1/C=C/c1ccccc1. The fourth-order valence-corrected chi connectivity index (χ4v) is 1.78. The second-order valence-electron chi connectivity index (χ2n) is 4.01. The Morgan fingerprint density at radius 3 is 2.84 bits per heavy atom. The van der Waals surface area contributed by atoms with Gasteiger partial charge in [0.15, 0.2) is 12.1 Å². The number of carbonyl (C=O) groups excluding carboxylic acids is 2. The topological polar surface area (TPSA) is 64.6 Å². The number of esters is 1. The molecule has 1 heterocycles. The molecule has 0 bridgehead atoms. The third-order valence-corrected chi connectivity index (χ3v) is 2.66. The number of amides is 1. The van der Waals surface area contributed by atoms with Gasteiger partial charge in [-0.1, -0.05) is 36.4 Å². The molecule has 1 aliphatic rings. The van der Waals surface area contributed by atoms with Crippen molar-refractivity contribution in [1.29, 1.82) is 0 Å². The Labute approximate surface area is 111 Å². The molecule has 19 heavy (non-hydrogen) atoms. The molecular weight excluding hydrogens is 246 g/mol. The van der Waals surface area contributed by atoms with Gasteiger partial charge in [-0.3, -0.25) is 0 Å². The van der Waals surface area contributed by atoms with Crippen LogP contribution in [0.5, 0.6) is 0 Å². The normalized spacial score (nSPS) is 22.1. The molecule has 1 amide bonds. The number of rotatable bonds is 4. The Balaban J connectivity index is 2.07. The first-order valence-corrected chi connectivity index (χ1v) is 6.07. The quantitative estimate of drug-likeness (QED) is 0.838. The maximum absolute atomic E-state index is 11.7. The first-order valence-electron chi connectivity index (χ1n) is 6.07. The molecule has 2 atom stereocenters. The van der Waals surface area contributed by atoms with Crippen LogP contribution in [0.2, 0.25) is 0 Å². The molecule has 5 nitrogen and oxygen atoms in total. The van der Waals surface area contributed by atoms with Crippen molar-refractivity contribution in [3.63, 3.8) is 0 Å². The van der Waals surface area contributed by atoms with Crippen molar-refractivity contribution in [1.82, 2.24) is 5.32 Å². The number of hydrogen-bond acceptors (Lipinski definition) is 4. The van der Waals surface area contributed by atoms with Crippen LogP contribution >= 0.6 is 0 Å². The lowest BCUT2D eigenvalue weighted by Crippen LogP contribution is -2.39. The van der Waals surface area contributed by atoms with Crippen LogP contribution in [0.15, 0.2) is 36.4 Å². The van der Waals surface area contributed by atoms with Gasteiger partial charge < -0.3 is 14.8 Å². The molecule has 1 aliphatic heterocycles. The molecule has 100 valence electrons. The van der Waals surface area contributed by atoms with Gasteiger partial charge in [0.25, 0.3) is 0 Å². The molecule has 0 aromatic heterocycles. The summed E-state index contributed by atoms with van der Waals surface area (Å²) in [6.07, 6.45) is 2.22. The van der Waals surface area contributed by atoms with E-state index in [0.717, 1.165) is 5.56 Å². The summed E-state index contributed by atoms with van der Waals surface area (Å²) in [7, 11) is 0. The van der Waals surface area contributed by atoms with E-state index in [1.807, 2.05) is 30.3 Å². The summed E-state index contributed by atoms with van der Waals surface area (Å²) in [6.45, 7) is 1.98. The zero-order valence-electron chi connectivity index (χ0n) is 10.5. The fraction of sp³-hybridized carbons (Fsp3) is 0.286. The number of carbonyl (C=O) groups is 2. The Hall–Kier alpha value is -2.30.